The molecule has 32 heavy (non-hydrogen) atoms. The number of hydrazone groups is 1. The van der Waals surface area contributed by atoms with Gasteiger partial charge in [-0.15, -0.1) is 0 Å². The highest BCUT2D eigenvalue weighted by molar-refractivity contribution is 6.05. The predicted molar refractivity (Wildman–Crippen MR) is 118 cm³/mol. The molecule has 0 fully saturated rings. The highest BCUT2D eigenvalue weighted by Crippen LogP contribution is 2.33. The minimum absolute atomic E-state index is 0.000532. The summed E-state index contributed by atoms with van der Waals surface area (Å²) in [5, 5.41) is 15.9. The molecule has 3 aromatic rings. The summed E-state index contributed by atoms with van der Waals surface area (Å²) < 4.78 is 10.7. The standard InChI is InChI=1S/C24H19N3O5/c28-19-9-6-16(7-10-19)14-25-27-24(30)20(26-23(29)18-4-2-1-3-5-18)12-17-8-11-21-22(13-17)32-15-31-21/h1-14,28H,15H2,(H,26,29)(H,27,30). The van der Waals surface area contributed by atoms with Gasteiger partial charge in [0.25, 0.3) is 11.8 Å². The smallest absolute Gasteiger partial charge is 0.287 e. The minimum Gasteiger partial charge on any atom is -0.508 e. The Labute approximate surface area is 183 Å². The Balaban J connectivity index is 1.55. The van der Waals surface area contributed by atoms with E-state index in [4.69, 9.17) is 9.47 Å². The van der Waals surface area contributed by atoms with E-state index in [9.17, 15) is 14.7 Å². The van der Waals surface area contributed by atoms with E-state index in [1.165, 1.54) is 24.4 Å². The quantitative estimate of drug-likeness (QED) is 0.317. The fourth-order valence-electron chi connectivity index (χ4n) is 2.90. The molecule has 160 valence electrons. The lowest BCUT2D eigenvalue weighted by molar-refractivity contribution is -0.117. The van der Waals surface area contributed by atoms with Crippen LogP contribution in [0.4, 0.5) is 0 Å². The lowest BCUT2D eigenvalue weighted by Crippen LogP contribution is -2.32. The van der Waals surface area contributed by atoms with Gasteiger partial charge >= 0.3 is 0 Å². The van der Waals surface area contributed by atoms with Crippen molar-refractivity contribution in [2.24, 2.45) is 5.10 Å². The van der Waals surface area contributed by atoms with Gasteiger partial charge in [-0.25, -0.2) is 5.43 Å². The molecule has 0 radical (unpaired) electrons. The number of hydrogen-bond donors (Lipinski definition) is 3. The maximum Gasteiger partial charge on any atom is 0.287 e. The molecule has 0 saturated heterocycles. The summed E-state index contributed by atoms with van der Waals surface area (Å²) >= 11 is 0. The molecule has 0 aromatic heterocycles. The van der Waals surface area contributed by atoms with Crippen LogP contribution in [0.1, 0.15) is 21.5 Å². The van der Waals surface area contributed by atoms with Crippen LogP contribution >= 0.6 is 0 Å². The van der Waals surface area contributed by atoms with E-state index in [1.807, 2.05) is 0 Å². The van der Waals surface area contributed by atoms with Gasteiger partial charge in [-0.1, -0.05) is 24.3 Å². The van der Waals surface area contributed by atoms with Crippen LogP contribution in [0.5, 0.6) is 17.2 Å². The van der Waals surface area contributed by atoms with Crippen molar-refractivity contribution in [3.8, 4) is 17.2 Å². The highest BCUT2D eigenvalue weighted by atomic mass is 16.7. The van der Waals surface area contributed by atoms with Crippen LogP contribution in [0.3, 0.4) is 0 Å². The number of fused-ring (bicyclic) bond motifs is 1. The van der Waals surface area contributed by atoms with Crippen LogP contribution in [0.2, 0.25) is 0 Å². The molecule has 1 aliphatic rings. The van der Waals surface area contributed by atoms with Crippen molar-refractivity contribution in [3.05, 3.63) is 95.2 Å². The molecular weight excluding hydrogens is 410 g/mol. The Morgan fingerprint density at radius 2 is 1.62 bits per heavy atom. The van der Waals surface area contributed by atoms with Crippen LogP contribution in [-0.4, -0.2) is 29.9 Å². The van der Waals surface area contributed by atoms with Crippen LogP contribution in [0, 0.1) is 0 Å². The predicted octanol–water partition coefficient (Wildman–Crippen LogP) is 3.04. The van der Waals surface area contributed by atoms with E-state index in [2.05, 4.69) is 15.8 Å². The number of benzene rings is 3. The molecule has 4 rings (SSSR count). The molecule has 0 bridgehead atoms. The fourth-order valence-corrected chi connectivity index (χ4v) is 2.90. The second-order valence-corrected chi connectivity index (χ2v) is 6.78. The number of amides is 2. The Bertz CT molecular complexity index is 1190. The summed E-state index contributed by atoms with van der Waals surface area (Å²) in [6, 6.07) is 20.0. The molecule has 8 heteroatoms. The number of nitrogens with one attached hydrogen (secondary N) is 2. The van der Waals surface area contributed by atoms with Crippen LogP contribution in [0.15, 0.2) is 83.6 Å². The van der Waals surface area contributed by atoms with Gasteiger partial charge in [0.05, 0.1) is 6.21 Å². The number of aromatic hydroxyl groups is 1. The second-order valence-electron chi connectivity index (χ2n) is 6.78. The largest absolute Gasteiger partial charge is 0.508 e. The van der Waals surface area contributed by atoms with E-state index >= 15 is 0 Å². The molecule has 3 N–H and O–H groups in total. The summed E-state index contributed by atoms with van der Waals surface area (Å²) in [6.07, 6.45) is 2.95. The average molecular weight is 429 g/mol. The highest BCUT2D eigenvalue weighted by Gasteiger charge is 2.16. The zero-order valence-corrected chi connectivity index (χ0v) is 16.8. The van der Waals surface area contributed by atoms with Crippen molar-refractivity contribution in [3.63, 3.8) is 0 Å². The van der Waals surface area contributed by atoms with Crippen LogP contribution in [-0.2, 0) is 4.79 Å². The van der Waals surface area contributed by atoms with E-state index in [1.54, 1.807) is 60.7 Å². The second kappa shape index (κ2) is 9.48. The van der Waals surface area contributed by atoms with Crippen LogP contribution < -0.4 is 20.2 Å². The number of ether oxygens (including phenoxy) is 2. The summed E-state index contributed by atoms with van der Waals surface area (Å²) in [6.45, 7) is 0.132. The molecule has 0 saturated carbocycles. The van der Waals surface area contributed by atoms with E-state index in [0.717, 1.165) is 0 Å². The van der Waals surface area contributed by atoms with Gasteiger partial charge in [-0.3, -0.25) is 9.59 Å². The Morgan fingerprint density at radius 1 is 0.906 bits per heavy atom. The van der Waals surface area contributed by atoms with Crippen molar-refractivity contribution in [1.29, 1.82) is 0 Å². The van der Waals surface area contributed by atoms with Gasteiger partial charge in [0.2, 0.25) is 6.79 Å². The third kappa shape index (κ3) is 5.11. The summed E-state index contributed by atoms with van der Waals surface area (Å²) in [7, 11) is 0. The van der Waals surface area contributed by atoms with Crippen LogP contribution in [0.25, 0.3) is 6.08 Å². The van der Waals surface area contributed by atoms with Crippen molar-refractivity contribution < 1.29 is 24.2 Å². The number of phenolic OH excluding ortho intramolecular Hbond substituents is 1. The Kier molecular flexibility index (Phi) is 6.12. The van der Waals surface area contributed by atoms with Gasteiger partial charge in [0, 0.05) is 5.56 Å². The lowest BCUT2D eigenvalue weighted by atomic mass is 10.1. The summed E-state index contributed by atoms with van der Waals surface area (Å²) in [4.78, 5) is 25.4. The third-order valence-electron chi connectivity index (χ3n) is 4.51. The first-order chi connectivity index (χ1) is 15.6. The Morgan fingerprint density at radius 3 is 2.41 bits per heavy atom. The molecule has 0 atom stereocenters. The van der Waals surface area contributed by atoms with Gasteiger partial charge in [0.1, 0.15) is 11.4 Å². The van der Waals surface area contributed by atoms with Crippen molar-refractivity contribution in [1.82, 2.24) is 10.7 Å². The maximum absolute atomic E-state index is 12.8. The van der Waals surface area contributed by atoms with E-state index in [0.29, 0.717) is 28.2 Å². The van der Waals surface area contributed by atoms with Crippen molar-refractivity contribution in [2.75, 3.05) is 6.79 Å². The molecule has 1 heterocycles. The molecule has 3 aromatic carbocycles. The monoisotopic (exact) mass is 429 g/mol. The molecule has 0 unspecified atom stereocenters. The Hall–Kier alpha value is -4.59. The number of carbonyl (C=O) groups excluding carboxylic acids is 2. The SMILES string of the molecule is O=C(NN=Cc1ccc(O)cc1)C(=Cc1ccc2c(c1)OCO2)NC(=O)c1ccccc1. The maximum atomic E-state index is 12.8. The first-order valence-corrected chi connectivity index (χ1v) is 9.69. The summed E-state index contributed by atoms with van der Waals surface area (Å²) in [5.74, 6) is 0.249. The zero-order valence-electron chi connectivity index (χ0n) is 16.8. The van der Waals surface area contributed by atoms with E-state index < -0.39 is 11.8 Å². The number of carbonyl (C=O) groups is 2. The number of hydrogen-bond acceptors (Lipinski definition) is 6. The minimum atomic E-state index is -0.609. The molecule has 2 amide bonds. The van der Waals surface area contributed by atoms with Gasteiger partial charge in [-0.05, 0) is 65.7 Å². The summed E-state index contributed by atoms with van der Waals surface area (Å²) in [5.41, 5.74) is 4.12. The number of phenols is 1. The van der Waals surface area contributed by atoms with Gasteiger partial charge in [-0.2, -0.15) is 5.10 Å². The molecular formula is C24H19N3O5. The molecule has 1 aliphatic heterocycles. The van der Waals surface area contributed by atoms with Crippen molar-refractivity contribution >= 4 is 24.1 Å². The van der Waals surface area contributed by atoms with E-state index in [-0.39, 0.29) is 18.2 Å². The average Bonchev–Trinajstić information content (AvgIpc) is 3.28. The number of rotatable bonds is 6. The first kappa shape index (κ1) is 20.7. The topological polar surface area (TPSA) is 109 Å². The third-order valence-corrected chi connectivity index (χ3v) is 4.51. The molecule has 0 spiro atoms. The first-order valence-electron chi connectivity index (χ1n) is 9.69. The van der Waals surface area contributed by atoms with Gasteiger partial charge < -0.3 is 19.9 Å². The van der Waals surface area contributed by atoms with Crippen molar-refractivity contribution in [2.45, 2.75) is 0 Å². The lowest BCUT2D eigenvalue weighted by Gasteiger charge is -2.09. The fraction of sp³-hybridized carbons (Fsp3) is 0.0417. The zero-order chi connectivity index (χ0) is 22.3. The molecule has 8 nitrogen and oxygen atoms in total. The number of nitrogens with zero attached hydrogens (tertiary/aromatic N) is 1. The normalized spacial score (nSPS) is 12.6. The van der Waals surface area contributed by atoms with Gasteiger partial charge in [0.15, 0.2) is 11.5 Å². The molecule has 0 aliphatic carbocycles.